The molecule has 0 aliphatic heterocycles. The highest BCUT2D eigenvalue weighted by molar-refractivity contribution is 5.71. The maximum Gasteiger partial charge on any atom is 0.215 e. The molecule has 98 valence electrons. The Morgan fingerprint density at radius 3 is 2.78 bits per heavy atom. The van der Waals surface area contributed by atoms with Gasteiger partial charge in [-0.1, -0.05) is 13.8 Å². The molecule has 0 radical (unpaired) electrons. The van der Waals surface area contributed by atoms with E-state index < -0.39 is 0 Å². The lowest BCUT2D eigenvalue weighted by molar-refractivity contribution is 0.328. The van der Waals surface area contributed by atoms with Gasteiger partial charge in [0.25, 0.3) is 0 Å². The van der Waals surface area contributed by atoms with E-state index in [0.29, 0.717) is 24.1 Å². The monoisotopic (exact) mass is 248 g/mol. The molecule has 0 fully saturated rings. The summed E-state index contributed by atoms with van der Waals surface area (Å²) < 4.78 is 5.35. The van der Waals surface area contributed by atoms with Crippen LogP contribution in [-0.4, -0.2) is 21.6 Å². The quantitative estimate of drug-likeness (QED) is 0.851. The summed E-state index contributed by atoms with van der Waals surface area (Å²) in [5.41, 5.74) is 7.66. The number of pyridine rings is 1. The van der Waals surface area contributed by atoms with E-state index in [-0.39, 0.29) is 6.04 Å². The lowest BCUT2D eigenvalue weighted by Crippen LogP contribution is -2.14. The number of fused-ring (bicyclic) bond motifs is 1. The highest BCUT2D eigenvalue weighted by Crippen LogP contribution is 2.20. The normalized spacial score (nSPS) is 13.2. The highest BCUT2D eigenvalue weighted by atomic mass is 16.5. The molecule has 2 rings (SSSR count). The van der Waals surface area contributed by atoms with Crippen molar-refractivity contribution in [2.75, 3.05) is 6.61 Å². The predicted molar refractivity (Wildman–Crippen MR) is 71.4 cm³/mol. The third-order valence-electron chi connectivity index (χ3n) is 2.71. The van der Waals surface area contributed by atoms with Gasteiger partial charge in [-0.2, -0.15) is 4.98 Å². The molecule has 0 bridgehead atoms. The fraction of sp³-hybridized carbons (Fsp3) is 0.538. The van der Waals surface area contributed by atoms with Crippen molar-refractivity contribution in [2.45, 2.75) is 33.2 Å². The first-order valence-corrected chi connectivity index (χ1v) is 6.35. The Morgan fingerprint density at radius 1 is 1.33 bits per heavy atom. The minimum absolute atomic E-state index is 0.0743. The van der Waals surface area contributed by atoms with E-state index in [1.54, 1.807) is 0 Å². The van der Waals surface area contributed by atoms with Crippen LogP contribution in [0.1, 0.15) is 39.1 Å². The van der Waals surface area contributed by atoms with Crippen LogP contribution in [0.4, 0.5) is 0 Å². The zero-order valence-corrected chi connectivity index (χ0v) is 11.1. The summed E-state index contributed by atoms with van der Waals surface area (Å²) in [6, 6.07) is 3.68. The van der Waals surface area contributed by atoms with Crippen LogP contribution in [0.2, 0.25) is 0 Å². The molecule has 1 unspecified atom stereocenters. The molecule has 2 aromatic rings. The number of nitrogens with one attached hydrogen (secondary N) is 1. The van der Waals surface area contributed by atoms with Gasteiger partial charge in [0, 0.05) is 6.07 Å². The van der Waals surface area contributed by atoms with Gasteiger partial charge in [-0.3, -0.25) is 0 Å². The summed E-state index contributed by atoms with van der Waals surface area (Å²) in [7, 11) is 0. The molecule has 0 spiro atoms. The van der Waals surface area contributed by atoms with Crippen LogP contribution in [0.15, 0.2) is 12.1 Å². The van der Waals surface area contributed by atoms with Crippen LogP contribution >= 0.6 is 0 Å². The van der Waals surface area contributed by atoms with Gasteiger partial charge in [0.15, 0.2) is 5.65 Å². The minimum Gasteiger partial charge on any atom is -0.478 e. The highest BCUT2D eigenvalue weighted by Gasteiger charge is 2.13. The number of hydrogen-bond donors (Lipinski definition) is 2. The molecule has 3 N–H and O–H groups in total. The number of nitrogens with two attached hydrogens (primary N) is 1. The van der Waals surface area contributed by atoms with E-state index in [1.165, 1.54) is 0 Å². The van der Waals surface area contributed by atoms with Crippen LogP contribution in [0.3, 0.4) is 0 Å². The summed E-state index contributed by atoms with van der Waals surface area (Å²) >= 11 is 0. The lowest BCUT2D eigenvalue weighted by atomic mass is 10.0. The van der Waals surface area contributed by atoms with Gasteiger partial charge in [0.05, 0.1) is 18.2 Å². The largest absolute Gasteiger partial charge is 0.478 e. The Kier molecular flexibility index (Phi) is 3.81. The molecule has 0 amide bonds. The zero-order valence-electron chi connectivity index (χ0n) is 11.1. The summed E-state index contributed by atoms with van der Waals surface area (Å²) in [6.45, 7) is 6.82. The number of H-pyrrole nitrogens is 1. The average Bonchev–Trinajstić information content (AvgIpc) is 2.71. The molecule has 2 aromatic heterocycles. The number of hydrogen-bond acceptors (Lipinski definition) is 4. The molecule has 0 aliphatic rings. The maximum absolute atomic E-state index is 6.10. The topological polar surface area (TPSA) is 76.8 Å². The number of nitrogens with zero attached hydrogens (tertiary/aromatic N) is 2. The van der Waals surface area contributed by atoms with Crippen molar-refractivity contribution in [3.05, 3.63) is 18.0 Å². The second-order valence-electron chi connectivity index (χ2n) is 4.81. The van der Waals surface area contributed by atoms with Crippen LogP contribution in [0.25, 0.3) is 11.2 Å². The van der Waals surface area contributed by atoms with Gasteiger partial charge in [-0.15, -0.1) is 0 Å². The first-order chi connectivity index (χ1) is 8.60. The Hall–Kier alpha value is -1.62. The van der Waals surface area contributed by atoms with E-state index in [2.05, 4.69) is 28.8 Å². The zero-order chi connectivity index (χ0) is 13.1. The van der Waals surface area contributed by atoms with Crippen molar-refractivity contribution in [1.29, 1.82) is 0 Å². The van der Waals surface area contributed by atoms with Gasteiger partial charge in [0.2, 0.25) is 5.88 Å². The predicted octanol–water partition coefficient (Wildman–Crippen LogP) is 2.40. The third-order valence-corrected chi connectivity index (χ3v) is 2.71. The second kappa shape index (κ2) is 5.35. The van der Waals surface area contributed by atoms with E-state index in [4.69, 9.17) is 10.5 Å². The van der Waals surface area contributed by atoms with Crippen molar-refractivity contribution in [3.63, 3.8) is 0 Å². The van der Waals surface area contributed by atoms with E-state index in [1.807, 2.05) is 19.1 Å². The Bertz CT molecular complexity index is 521. The first-order valence-electron chi connectivity index (χ1n) is 6.35. The number of aromatic nitrogens is 3. The Balaban J connectivity index is 2.26. The average molecular weight is 248 g/mol. The summed E-state index contributed by atoms with van der Waals surface area (Å²) in [6.07, 6.45) is 0.901. The number of rotatable bonds is 5. The van der Waals surface area contributed by atoms with Crippen molar-refractivity contribution >= 4 is 11.2 Å². The molecule has 0 saturated carbocycles. The van der Waals surface area contributed by atoms with Gasteiger partial charge >= 0.3 is 0 Å². The summed E-state index contributed by atoms with van der Waals surface area (Å²) in [5.74, 6) is 1.93. The van der Waals surface area contributed by atoms with Crippen LogP contribution < -0.4 is 10.5 Å². The fourth-order valence-corrected chi connectivity index (χ4v) is 1.92. The molecule has 18 heavy (non-hydrogen) atoms. The summed E-state index contributed by atoms with van der Waals surface area (Å²) in [5, 5.41) is 0. The molecule has 1 atom stereocenters. The third kappa shape index (κ3) is 2.79. The Morgan fingerprint density at radius 2 is 2.11 bits per heavy atom. The fourth-order valence-electron chi connectivity index (χ4n) is 1.92. The molecular formula is C13H20N4O. The SMILES string of the molecule is CCOc1ccc2[nH]c(C(N)CC(C)C)nc2n1. The van der Waals surface area contributed by atoms with Crippen molar-refractivity contribution in [3.8, 4) is 5.88 Å². The van der Waals surface area contributed by atoms with E-state index in [0.717, 1.165) is 17.8 Å². The van der Waals surface area contributed by atoms with E-state index in [9.17, 15) is 0 Å². The van der Waals surface area contributed by atoms with Crippen LogP contribution in [0.5, 0.6) is 5.88 Å². The number of imidazole rings is 1. The lowest BCUT2D eigenvalue weighted by Gasteiger charge is -2.10. The van der Waals surface area contributed by atoms with Gasteiger partial charge in [-0.05, 0) is 25.3 Å². The number of ether oxygens (including phenoxy) is 1. The molecule has 0 aromatic carbocycles. The summed E-state index contributed by atoms with van der Waals surface area (Å²) in [4.78, 5) is 12.0. The van der Waals surface area contributed by atoms with Crippen LogP contribution in [0, 0.1) is 5.92 Å². The molecular weight excluding hydrogens is 228 g/mol. The first kappa shape index (κ1) is 12.8. The second-order valence-corrected chi connectivity index (χ2v) is 4.81. The molecule has 0 saturated heterocycles. The van der Waals surface area contributed by atoms with E-state index >= 15 is 0 Å². The van der Waals surface area contributed by atoms with Crippen molar-refractivity contribution in [1.82, 2.24) is 15.0 Å². The molecule has 5 heteroatoms. The van der Waals surface area contributed by atoms with Gasteiger partial charge in [0.1, 0.15) is 5.82 Å². The van der Waals surface area contributed by atoms with Gasteiger partial charge in [-0.25, -0.2) is 4.98 Å². The van der Waals surface area contributed by atoms with Crippen molar-refractivity contribution < 1.29 is 4.74 Å². The molecule has 0 aliphatic carbocycles. The molecule has 5 nitrogen and oxygen atoms in total. The smallest absolute Gasteiger partial charge is 0.215 e. The van der Waals surface area contributed by atoms with Crippen LogP contribution in [-0.2, 0) is 0 Å². The number of aromatic amines is 1. The maximum atomic E-state index is 6.10. The molecule has 2 heterocycles. The van der Waals surface area contributed by atoms with Crippen molar-refractivity contribution in [2.24, 2.45) is 11.7 Å². The standard InChI is InChI=1S/C13H20N4O/c1-4-18-11-6-5-10-13(16-11)17-12(15-10)9(14)7-8(2)3/h5-6,8-9H,4,7,14H2,1-3H3,(H,15,16,17). The Labute approximate surface area is 107 Å². The van der Waals surface area contributed by atoms with Gasteiger partial charge < -0.3 is 15.5 Å². The minimum atomic E-state index is -0.0743.